The maximum absolute atomic E-state index is 12.8. The zero-order valence-corrected chi connectivity index (χ0v) is 18.4. The molecule has 2 atom stereocenters. The van der Waals surface area contributed by atoms with Crippen LogP contribution in [0.25, 0.3) is 0 Å². The quantitative estimate of drug-likeness (QED) is 0.671. The Hall–Kier alpha value is -2.04. The maximum atomic E-state index is 12.8. The van der Waals surface area contributed by atoms with Crippen molar-refractivity contribution in [2.45, 2.75) is 47.1 Å². The zero-order chi connectivity index (χ0) is 22.2. The molecule has 0 aliphatic carbocycles. The van der Waals surface area contributed by atoms with Crippen LogP contribution in [0.4, 0.5) is 18.9 Å². The molecule has 0 radical (unpaired) electrons. The number of thiophene rings is 1. The van der Waals surface area contributed by atoms with Crippen molar-refractivity contribution in [1.82, 2.24) is 10.2 Å². The molecule has 2 bridgehead atoms. The fourth-order valence-corrected chi connectivity index (χ4v) is 6.29. The minimum Gasteiger partial charge on any atom is -0.347 e. The van der Waals surface area contributed by atoms with Gasteiger partial charge in [-0.25, -0.2) is 0 Å². The number of hydrogen-bond donors (Lipinski definition) is 2. The van der Waals surface area contributed by atoms with Gasteiger partial charge >= 0.3 is 12.1 Å². The SMILES string of the molecule is C[C@H]1[C@H](NC(=O)c2ccc(Sc3cccc(NC(=O)C(F)(F)F)c3)s2)C2CCN1CC2. The summed E-state index contributed by atoms with van der Waals surface area (Å²) in [4.78, 5) is 27.6. The van der Waals surface area contributed by atoms with Gasteiger partial charge in [-0.1, -0.05) is 17.8 Å². The lowest BCUT2D eigenvalue weighted by Gasteiger charge is -2.49. The number of nitrogens with zero attached hydrogens (tertiary/aromatic N) is 1. The van der Waals surface area contributed by atoms with Crippen LogP contribution in [0.15, 0.2) is 45.5 Å². The number of halogens is 3. The fourth-order valence-electron chi connectivity index (χ4n) is 4.22. The van der Waals surface area contributed by atoms with Gasteiger partial charge in [-0.05, 0) is 69.1 Å². The van der Waals surface area contributed by atoms with Crippen LogP contribution in [0.2, 0.25) is 0 Å². The van der Waals surface area contributed by atoms with E-state index in [1.807, 2.05) is 11.4 Å². The lowest BCUT2D eigenvalue weighted by Crippen LogP contribution is -2.62. The van der Waals surface area contributed by atoms with Gasteiger partial charge in [0.25, 0.3) is 5.91 Å². The zero-order valence-electron chi connectivity index (χ0n) is 16.7. The third-order valence-electron chi connectivity index (χ3n) is 5.85. The molecule has 2 N–H and O–H groups in total. The maximum Gasteiger partial charge on any atom is 0.471 e. The van der Waals surface area contributed by atoms with E-state index in [0.29, 0.717) is 21.7 Å². The van der Waals surface area contributed by atoms with Gasteiger partial charge in [-0.2, -0.15) is 13.2 Å². The van der Waals surface area contributed by atoms with Gasteiger partial charge in [-0.15, -0.1) is 11.3 Å². The Labute approximate surface area is 186 Å². The Bertz CT molecular complexity index is 969. The highest BCUT2D eigenvalue weighted by Gasteiger charge is 2.40. The van der Waals surface area contributed by atoms with Gasteiger partial charge in [0.1, 0.15) is 0 Å². The van der Waals surface area contributed by atoms with Crippen LogP contribution in [0, 0.1) is 5.92 Å². The van der Waals surface area contributed by atoms with Gasteiger partial charge in [-0.3, -0.25) is 14.5 Å². The average Bonchev–Trinajstić information content (AvgIpc) is 3.19. The lowest BCUT2D eigenvalue weighted by atomic mass is 9.79. The number of hydrogen-bond acceptors (Lipinski definition) is 5. The van der Waals surface area contributed by atoms with Crippen LogP contribution in [0.1, 0.15) is 29.4 Å². The van der Waals surface area contributed by atoms with E-state index in [1.165, 1.54) is 35.2 Å². The Morgan fingerprint density at radius 3 is 2.58 bits per heavy atom. The van der Waals surface area contributed by atoms with E-state index in [4.69, 9.17) is 0 Å². The molecule has 3 aliphatic heterocycles. The summed E-state index contributed by atoms with van der Waals surface area (Å²) >= 11 is 2.67. The smallest absolute Gasteiger partial charge is 0.347 e. The molecule has 31 heavy (non-hydrogen) atoms. The molecular formula is C21H22F3N3O2S2. The topological polar surface area (TPSA) is 61.4 Å². The number of fused-ring (bicyclic) bond motifs is 3. The van der Waals surface area contributed by atoms with E-state index in [9.17, 15) is 22.8 Å². The third-order valence-corrected chi connectivity index (χ3v) is 8.05. The van der Waals surface area contributed by atoms with Crippen molar-refractivity contribution < 1.29 is 22.8 Å². The van der Waals surface area contributed by atoms with Gasteiger partial charge in [0.15, 0.2) is 0 Å². The first-order chi connectivity index (χ1) is 14.7. The second-order valence-corrected chi connectivity index (χ2v) is 10.3. The molecule has 2 aromatic rings. The van der Waals surface area contributed by atoms with Crippen LogP contribution in [-0.4, -0.2) is 48.1 Å². The van der Waals surface area contributed by atoms with Crippen LogP contribution in [0.3, 0.4) is 0 Å². The van der Waals surface area contributed by atoms with Crippen molar-refractivity contribution in [3.8, 4) is 0 Å². The summed E-state index contributed by atoms with van der Waals surface area (Å²) in [6.07, 6.45) is -2.71. The van der Waals surface area contributed by atoms with Crippen molar-refractivity contribution >= 4 is 40.6 Å². The number of carbonyl (C=O) groups excluding carboxylic acids is 2. The van der Waals surface area contributed by atoms with E-state index in [2.05, 4.69) is 17.1 Å². The highest BCUT2D eigenvalue weighted by Crippen LogP contribution is 2.36. The van der Waals surface area contributed by atoms with E-state index in [0.717, 1.165) is 30.1 Å². The first-order valence-electron chi connectivity index (χ1n) is 10.0. The van der Waals surface area contributed by atoms with Crippen LogP contribution in [-0.2, 0) is 4.79 Å². The summed E-state index contributed by atoms with van der Waals surface area (Å²) in [5.41, 5.74) is 0.0678. The number of anilines is 1. The molecular weight excluding hydrogens is 447 g/mol. The monoisotopic (exact) mass is 469 g/mol. The Morgan fingerprint density at radius 2 is 1.90 bits per heavy atom. The van der Waals surface area contributed by atoms with Gasteiger partial charge in [0.05, 0.1) is 9.09 Å². The predicted molar refractivity (Wildman–Crippen MR) is 115 cm³/mol. The summed E-state index contributed by atoms with van der Waals surface area (Å²) in [5.74, 6) is -1.58. The Kier molecular flexibility index (Phi) is 6.32. The molecule has 10 heteroatoms. The molecule has 1 aromatic heterocycles. The Morgan fingerprint density at radius 1 is 1.16 bits per heavy atom. The molecule has 5 nitrogen and oxygen atoms in total. The molecule has 5 rings (SSSR count). The number of piperidine rings is 3. The highest BCUT2D eigenvalue weighted by molar-refractivity contribution is 8.01. The molecule has 3 saturated heterocycles. The van der Waals surface area contributed by atoms with Crippen molar-refractivity contribution in [3.63, 3.8) is 0 Å². The number of benzene rings is 1. The van der Waals surface area contributed by atoms with Crippen molar-refractivity contribution in [3.05, 3.63) is 41.3 Å². The summed E-state index contributed by atoms with van der Waals surface area (Å²) in [6.45, 7) is 4.36. The second kappa shape index (κ2) is 8.84. The molecule has 0 saturated carbocycles. The van der Waals surface area contributed by atoms with Gasteiger partial charge in [0.2, 0.25) is 0 Å². The largest absolute Gasteiger partial charge is 0.471 e. The number of alkyl halides is 3. The molecule has 3 aliphatic rings. The Balaban J connectivity index is 1.38. The molecule has 166 valence electrons. The summed E-state index contributed by atoms with van der Waals surface area (Å²) in [5, 5.41) is 5.06. The summed E-state index contributed by atoms with van der Waals surface area (Å²) < 4.78 is 38.2. The molecule has 2 amide bonds. The molecule has 3 fully saturated rings. The number of amides is 2. The number of rotatable bonds is 5. The predicted octanol–water partition coefficient (Wildman–Crippen LogP) is 4.61. The first kappa shape index (κ1) is 22.2. The summed E-state index contributed by atoms with van der Waals surface area (Å²) in [6, 6.07) is 10.3. The minimum absolute atomic E-state index is 0.0678. The number of nitrogens with one attached hydrogen (secondary N) is 2. The third kappa shape index (κ3) is 5.07. The van der Waals surface area contributed by atoms with Gasteiger partial charge < -0.3 is 10.6 Å². The molecule has 0 unspecified atom stereocenters. The average molecular weight is 470 g/mol. The van der Waals surface area contributed by atoms with Crippen LogP contribution < -0.4 is 10.6 Å². The fraction of sp³-hybridized carbons (Fsp3) is 0.429. The standard InChI is InChI=1S/C21H22F3N3O2S2/c1-12-18(13-7-9-27(12)10-8-13)26-19(28)16-5-6-17(31-16)30-15-4-2-3-14(11-15)25-20(29)21(22,23)24/h2-6,11-13,18H,7-10H2,1H3,(H,25,29)(H,26,28)/t12-,18-/m0/s1. The van der Waals surface area contributed by atoms with E-state index >= 15 is 0 Å². The lowest BCUT2D eigenvalue weighted by molar-refractivity contribution is -0.167. The minimum atomic E-state index is -4.94. The normalized spacial score (nSPS) is 25.3. The second-order valence-electron chi connectivity index (χ2n) is 7.81. The number of carbonyl (C=O) groups is 2. The molecule has 4 heterocycles. The van der Waals surface area contributed by atoms with Crippen LogP contribution in [0.5, 0.6) is 0 Å². The van der Waals surface area contributed by atoms with E-state index in [-0.39, 0.29) is 17.6 Å². The van der Waals surface area contributed by atoms with E-state index in [1.54, 1.807) is 18.2 Å². The molecule has 1 aromatic carbocycles. The molecule has 0 spiro atoms. The highest BCUT2D eigenvalue weighted by atomic mass is 32.2. The van der Waals surface area contributed by atoms with Crippen molar-refractivity contribution in [2.24, 2.45) is 5.92 Å². The van der Waals surface area contributed by atoms with Crippen molar-refractivity contribution in [1.29, 1.82) is 0 Å². The summed E-state index contributed by atoms with van der Waals surface area (Å²) in [7, 11) is 0. The van der Waals surface area contributed by atoms with Crippen LogP contribution >= 0.6 is 23.1 Å². The first-order valence-corrected chi connectivity index (χ1v) is 11.6. The van der Waals surface area contributed by atoms with Gasteiger partial charge in [0, 0.05) is 22.7 Å². The van der Waals surface area contributed by atoms with Crippen molar-refractivity contribution in [2.75, 3.05) is 18.4 Å². The van der Waals surface area contributed by atoms with E-state index < -0.39 is 12.1 Å².